The SMILES string of the molecule is CCCn1nnnc1CN1CCC(CCO)C1. The lowest BCUT2D eigenvalue weighted by atomic mass is 10.1. The largest absolute Gasteiger partial charge is 0.396 e. The van der Waals surface area contributed by atoms with Crippen LogP contribution in [-0.2, 0) is 13.1 Å². The fraction of sp³-hybridized carbons (Fsp3) is 0.909. The van der Waals surface area contributed by atoms with Crippen LogP contribution in [0.1, 0.15) is 32.0 Å². The van der Waals surface area contributed by atoms with Crippen molar-refractivity contribution in [2.75, 3.05) is 19.7 Å². The second-order valence-electron chi connectivity index (χ2n) is 4.72. The molecule has 0 amide bonds. The molecule has 0 aliphatic carbocycles. The number of tetrazole rings is 1. The number of rotatable bonds is 6. The number of aliphatic hydroxyl groups is 1. The number of aromatic nitrogens is 4. The van der Waals surface area contributed by atoms with Crippen molar-refractivity contribution in [1.29, 1.82) is 0 Å². The average molecular weight is 239 g/mol. The van der Waals surface area contributed by atoms with E-state index in [1.165, 1.54) is 6.42 Å². The minimum absolute atomic E-state index is 0.298. The van der Waals surface area contributed by atoms with Crippen molar-refractivity contribution >= 4 is 0 Å². The molecule has 1 aromatic rings. The van der Waals surface area contributed by atoms with E-state index in [2.05, 4.69) is 27.3 Å². The summed E-state index contributed by atoms with van der Waals surface area (Å²) in [5, 5.41) is 20.7. The van der Waals surface area contributed by atoms with Gasteiger partial charge in [0.15, 0.2) is 5.82 Å². The third kappa shape index (κ3) is 3.23. The molecule has 1 unspecified atom stereocenters. The fourth-order valence-corrected chi connectivity index (χ4v) is 2.40. The lowest BCUT2D eigenvalue weighted by Gasteiger charge is -2.14. The minimum Gasteiger partial charge on any atom is -0.396 e. The third-order valence-corrected chi connectivity index (χ3v) is 3.31. The van der Waals surface area contributed by atoms with Crippen LogP contribution in [0.5, 0.6) is 0 Å². The van der Waals surface area contributed by atoms with Gasteiger partial charge in [-0.05, 0) is 42.2 Å². The van der Waals surface area contributed by atoms with Crippen molar-refractivity contribution in [2.24, 2.45) is 5.92 Å². The molecule has 1 aliphatic rings. The summed E-state index contributed by atoms with van der Waals surface area (Å²) >= 11 is 0. The Morgan fingerprint density at radius 3 is 3.12 bits per heavy atom. The lowest BCUT2D eigenvalue weighted by Crippen LogP contribution is -2.23. The van der Waals surface area contributed by atoms with E-state index in [9.17, 15) is 0 Å². The maximum absolute atomic E-state index is 8.93. The Labute approximate surface area is 102 Å². The molecule has 96 valence electrons. The van der Waals surface area contributed by atoms with Crippen LogP contribution >= 0.6 is 0 Å². The molecule has 0 aromatic carbocycles. The molecule has 1 aliphatic heterocycles. The summed E-state index contributed by atoms with van der Waals surface area (Å²) in [5.74, 6) is 1.59. The van der Waals surface area contributed by atoms with Crippen LogP contribution in [0.4, 0.5) is 0 Å². The first-order valence-corrected chi connectivity index (χ1v) is 6.41. The van der Waals surface area contributed by atoms with Gasteiger partial charge in [-0.2, -0.15) is 0 Å². The average Bonchev–Trinajstić information content (AvgIpc) is 2.91. The Bertz CT molecular complexity index is 340. The molecule has 1 aromatic heterocycles. The number of aryl methyl sites for hydroxylation is 1. The van der Waals surface area contributed by atoms with Gasteiger partial charge >= 0.3 is 0 Å². The Morgan fingerprint density at radius 2 is 2.35 bits per heavy atom. The van der Waals surface area contributed by atoms with Gasteiger partial charge in [-0.15, -0.1) is 5.10 Å². The van der Waals surface area contributed by atoms with Gasteiger partial charge in [-0.25, -0.2) is 4.68 Å². The molecule has 17 heavy (non-hydrogen) atoms. The van der Waals surface area contributed by atoms with Crippen LogP contribution in [0.15, 0.2) is 0 Å². The van der Waals surface area contributed by atoms with Gasteiger partial charge in [0.2, 0.25) is 0 Å². The summed E-state index contributed by atoms with van der Waals surface area (Å²) in [5.41, 5.74) is 0. The highest BCUT2D eigenvalue weighted by Gasteiger charge is 2.23. The Balaban J connectivity index is 1.86. The Kier molecular flexibility index (Phi) is 4.44. The highest BCUT2D eigenvalue weighted by molar-refractivity contribution is 4.84. The summed E-state index contributed by atoms with van der Waals surface area (Å²) in [7, 11) is 0. The van der Waals surface area contributed by atoms with Gasteiger partial charge in [0.25, 0.3) is 0 Å². The molecule has 6 heteroatoms. The Hall–Kier alpha value is -1.01. The zero-order valence-corrected chi connectivity index (χ0v) is 10.4. The molecule has 2 rings (SSSR count). The zero-order chi connectivity index (χ0) is 12.1. The van der Waals surface area contributed by atoms with Crippen LogP contribution in [0.25, 0.3) is 0 Å². The molecule has 1 N–H and O–H groups in total. The van der Waals surface area contributed by atoms with Gasteiger partial charge in [-0.3, -0.25) is 4.90 Å². The number of hydrogen-bond acceptors (Lipinski definition) is 5. The van der Waals surface area contributed by atoms with Crippen molar-refractivity contribution in [3.8, 4) is 0 Å². The van der Waals surface area contributed by atoms with E-state index in [4.69, 9.17) is 5.11 Å². The molecule has 0 radical (unpaired) electrons. The summed E-state index contributed by atoms with van der Waals surface area (Å²) in [6.45, 7) is 6.28. The number of aliphatic hydroxyl groups excluding tert-OH is 1. The first kappa shape index (κ1) is 12.4. The first-order chi connectivity index (χ1) is 8.33. The zero-order valence-electron chi connectivity index (χ0n) is 10.4. The fourth-order valence-electron chi connectivity index (χ4n) is 2.40. The lowest BCUT2D eigenvalue weighted by molar-refractivity contribution is 0.247. The highest BCUT2D eigenvalue weighted by atomic mass is 16.3. The summed E-state index contributed by atoms with van der Waals surface area (Å²) in [6, 6.07) is 0. The smallest absolute Gasteiger partial charge is 0.165 e. The van der Waals surface area contributed by atoms with Gasteiger partial charge in [-0.1, -0.05) is 6.92 Å². The number of nitrogens with zero attached hydrogens (tertiary/aromatic N) is 5. The first-order valence-electron chi connectivity index (χ1n) is 6.41. The van der Waals surface area contributed by atoms with Crippen LogP contribution in [0.2, 0.25) is 0 Å². The maximum atomic E-state index is 8.93. The topological polar surface area (TPSA) is 67.1 Å². The molecular weight excluding hydrogens is 218 g/mol. The minimum atomic E-state index is 0.298. The van der Waals surface area contributed by atoms with E-state index < -0.39 is 0 Å². The van der Waals surface area contributed by atoms with Crippen molar-refractivity contribution in [2.45, 2.75) is 39.3 Å². The molecular formula is C11H21N5O. The second kappa shape index (κ2) is 6.07. The quantitative estimate of drug-likeness (QED) is 0.772. The maximum Gasteiger partial charge on any atom is 0.165 e. The van der Waals surface area contributed by atoms with Gasteiger partial charge in [0.05, 0.1) is 6.54 Å². The number of likely N-dealkylation sites (tertiary alicyclic amines) is 1. The van der Waals surface area contributed by atoms with E-state index in [1.54, 1.807) is 0 Å². The van der Waals surface area contributed by atoms with E-state index in [0.29, 0.717) is 12.5 Å². The molecule has 0 bridgehead atoms. The molecule has 1 saturated heterocycles. The van der Waals surface area contributed by atoms with Crippen molar-refractivity contribution in [3.63, 3.8) is 0 Å². The van der Waals surface area contributed by atoms with Gasteiger partial charge in [0, 0.05) is 19.7 Å². The van der Waals surface area contributed by atoms with Crippen molar-refractivity contribution in [1.82, 2.24) is 25.1 Å². The summed E-state index contributed by atoms with van der Waals surface area (Å²) in [6.07, 6.45) is 3.14. The highest BCUT2D eigenvalue weighted by Crippen LogP contribution is 2.20. The molecule has 2 heterocycles. The number of hydrogen-bond donors (Lipinski definition) is 1. The molecule has 0 spiro atoms. The predicted octanol–water partition coefficient (Wildman–Crippen LogP) is 0.287. The van der Waals surface area contributed by atoms with E-state index in [0.717, 1.165) is 44.8 Å². The van der Waals surface area contributed by atoms with Crippen LogP contribution in [0, 0.1) is 5.92 Å². The Morgan fingerprint density at radius 1 is 1.47 bits per heavy atom. The van der Waals surface area contributed by atoms with E-state index in [-0.39, 0.29) is 0 Å². The molecule has 1 fully saturated rings. The normalized spacial score (nSPS) is 21.2. The van der Waals surface area contributed by atoms with Crippen molar-refractivity contribution in [3.05, 3.63) is 5.82 Å². The van der Waals surface area contributed by atoms with Gasteiger partial charge < -0.3 is 5.11 Å². The van der Waals surface area contributed by atoms with Gasteiger partial charge in [0.1, 0.15) is 0 Å². The van der Waals surface area contributed by atoms with Crippen LogP contribution in [0.3, 0.4) is 0 Å². The summed E-state index contributed by atoms with van der Waals surface area (Å²) < 4.78 is 1.89. The second-order valence-corrected chi connectivity index (χ2v) is 4.72. The monoisotopic (exact) mass is 239 g/mol. The molecule has 0 saturated carbocycles. The molecule has 6 nitrogen and oxygen atoms in total. The predicted molar refractivity (Wildman–Crippen MR) is 63.2 cm³/mol. The van der Waals surface area contributed by atoms with E-state index in [1.807, 2.05) is 4.68 Å². The third-order valence-electron chi connectivity index (χ3n) is 3.31. The van der Waals surface area contributed by atoms with Crippen LogP contribution in [-0.4, -0.2) is 49.9 Å². The summed E-state index contributed by atoms with van der Waals surface area (Å²) in [4.78, 5) is 2.37. The molecule has 1 atom stereocenters. The standard InChI is InChI=1S/C11H21N5O/c1-2-5-16-11(12-13-14-16)9-15-6-3-10(8-15)4-7-17/h10,17H,2-9H2,1H3. The van der Waals surface area contributed by atoms with E-state index >= 15 is 0 Å². The van der Waals surface area contributed by atoms with Crippen molar-refractivity contribution < 1.29 is 5.11 Å². The van der Waals surface area contributed by atoms with Crippen LogP contribution < -0.4 is 0 Å².